The van der Waals surface area contributed by atoms with Gasteiger partial charge in [0.2, 0.25) is 0 Å². The van der Waals surface area contributed by atoms with Crippen LogP contribution in [-0.4, -0.2) is 15.3 Å². The first-order chi connectivity index (χ1) is 8.66. The van der Waals surface area contributed by atoms with Gasteiger partial charge in [0.25, 0.3) is 0 Å². The number of nitrogens with zero attached hydrogens (tertiary/aromatic N) is 1. The predicted molar refractivity (Wildman–Crippen MR) is 68.0 cm³/mol. The number of H-pyrrole nitrogens is 1. The number of aromatic amines is 1. The van der Waals surface area contributed by atoms with Gasteiger partial charge in [0.15, 0.2) is 0 Å². The summed E-state index contributed by atoms with van der Waals surface area (Å²) in [4.78, 5) is 0. The van der Waals surface area contributed by atoms with Crippen molar-refractivity contribution in [2.75, 3.05) is 5.73 Å². The summed E-state index contributed by atoms with van der Waals surface area (Å²) in [6.07, 6.45) is 0.593. The molecule has 18 heavy (non-hydrogen) atoms. The zero-order valence-corrected chi connectivity index (χ0v) is 9.84. The number of rotatable bonds is 2. The lowest BCUT2D eigenvalue weighted by atomic mass is 10.1. The molecule has 0 aliphatic carbocycles. The topological polar surface area (TPSA) is 88.1 Å². The molecule has 0 fully saturated rings. The Hall–Kier alpha value is -2.27. The van der Waals surface area contributed by atoms with Crippen molar-refractivity contribution in [3.05, 3.63) is 47.3 Å². The summed E-state index contributed by atoms with van der Waals surface area (Å²) in [6, 6.07) is 7.68. The van der Waals surface area contributed by atoms with E-state index in [1.165, 1.54) is 6.20 Å². The third kappa shape index (κ3) is 1.56. The molecule has 0 aliphatic heterocycles. The summed E-state index contributed by atoms with van der Waals surface area (Å²) >= 11 is 0. The van der Waals surface area contributed by atoms with Crippen LogP contribution in [0.25, 0.3) is 11.0 Å². The van der Waals surface area contributed by atoms with Gasteiger partial charge in [-0.1, -0.05) is 18.2 Å². The molecule has 0 bridgehead atoms. The van der Waals surface area contributed by atoms with E-state index in [1.807, 2.05) is 31.2 Å². The van der Waals surface area contributed by atoms with Gasteiger partial charge in [0.05, 0.1) is 6.20 Å². The third-order valence-corrected chi connectivity index (χ3v) is 3.02. The van der Waals surface area contributed by atoms with Gasteiger partial charge in [-0.15, -0.1) is 0 Å². The predicted octanol–water partition coefficient (Wildman–Crippen LogP) is 2.13. The minimum absolute atomic E-state index is 0.347. The quantitative estimate of drug-likeness (QED) is 0.643. The smallest absolute Gasteiger partial charge is 0.142 e. The highest BCUT2D eigenvalue weighted by atomic mass is 16.4. The van der Waals surface area contributed by atoms with Gasteiger partial charge in [-0.2, -0.15) is 5.10 Å². The molecule has 3 rings (SSSR count). The number of furan rings is 1. The fourth-order valence-corrected chi connectivity index (χ4v) is 2.04. The summed E-state index contributed by atoms with van der Waals surface area (Å²) < 4.78 is 5.69. The zero-order valence-electron chi connectivity index (χ0n) is 9.84. The average molecular weight is 243 g/mol. The van der Waals surface area contributed by atoms with Gasteiger partial charge in [-0.25, -0.2) is 0 Å². The molecule has 0 saturated heterocycles. The molecular weight excluding hydrogens is 230 g/mol. The van der Waals surface area contributed by atoms with Crippen LogP contribution in [-0.2, 0) is 0 Å². The molecule has 0 amide bonds. The van der Waals surface area contributed by atoms with Crippen LogP contribution in [0.3, 0.4) is 0 Å². The summed E-state index contributed by atoms with van der Waals surface area (Å²) in [5.74, 6) is 0.812. The molecule has 4 N–H and O–H groups in total. The lowest BCUT2D eigenvalue weighted by Crippen LogP contribution is -2.00. The van der Waals surface area contributed by atoms with E-state index >= 15 is 0 Å². The Morgan fingerprint density at radius 3 is 2.94 bits per heavy atom. The molecule has 2 heterocycles. The molecule has 1 aromatic carbocycles. The number of benzene rings is 1. The van der Waals surface area contributed by atoms with Crippen molar-refractivity contribution in [1.29, 1.82) is 0 Å². The lowest BCUT2D eigenvalue weighted by molar-refractivity contribution is 0.193. The Morgan fingerprint density at radius 1 is 1.44 bits per heavy atom. The number of hydrogen-bond acceptors (Lipinski definition) is 4. The van der Waals surface area contributed by atoms with E-state index in [2.05, 4.69) is 10.2 Å². The van der Waals surface area contributed by atoms with Gasteiger partial charge in [0, 0.05) is 10.9 Å². The molecule has 0 spiro atoms. The Kier molecular flexibility index (Phi) is 2.34. The zero-order chi connectivity index (χ0) is 12.7. The van der Waals surface area contributed by atoms with Gasteiger partial charge in [0.1, 0.15) is 23.3 Å². The number of hydrogen-bond donors (Lipinski definition) is 3. The second kappa shape index (κ2) is 3.89. The average Bonchev–Trinajstić information content (AvgIpc) is 2.95. The molecule has 0 saturated carbocycles. The van der Waals surface area contributed by atoms with Crippen molar-refractivity contribution < 1.29 is 9.52 Å². The Bertz CT molecular complexity index is 699. The minimum Gasteiger partial charge on any atom is -0.458 e. The highest BCUT2D eigenvalue weighted by molar-refractivity contribution is 5.81. The fraction of sp³-hybridized carbons (Fsp3) is 0.154. The number of anilines is 1. The number of nitrogen functional groups attached to an aromatic ring is 1. The number of fused-ring (bicyclic) bond motifs is 1. The fourth-order valence-electron chi connectivity index (χ4n) is 2.04. The summed E-state index contributed by atoms with van der Waals surface area (Å²) in [6.45, 7) is 1.97. The third-order valence-electron chi connectivity index (χ3n) is 3.02. The van der Waals surface area contributed by atoms with Gasteiger partial charge >= 0.3 is 0 Å². The Labute approximate surface area is 103 Å². The number of aryl methyl sites for hydroxylation is 1. The van der Waals surface area contributed by atoms with E-state index in [9.17, 15) is 5.11 Å². The number of aromatic nitrogens is 2. The van der Waals surface area contributed by atoms with Crippen molar-refractivity contribution in [2.45, 2.75) is 13.0 Å². The molecule has 3 aromatic rings. The summed E-state index contributed by atoms with van der Waals surface area (Å²) in [5.41, 5.74) is 8.02. The van der Waals surface area contributed by atoms with Crippen molar-refractivity contribution in [1.82, 2.24) is 10.2 Å². The first-order valence-electron chi connectivity index (χ1n) is 5.62. The van der Waals surface area contributed by atoms with Gasteiger partial charge in [-0.05, 0) is 18.6 Å². The Morgan fingerprint density at radius 2 is 2.28 bits per heavy atom. The van der Waals surface area contributed by atoms with Gasteiger partial charge in [-0.3, -0.25) is 5.10 Å². The summed E-state index contributed by atoms with van der Waals surface area (Å²) in [7, 11) is 0. The normalized spacial score (nSPS) is 13.0. The first-order valence-corrected chi connectivity index (χ1v) is 5.62. The van der Waals surface area contributed by atoms with Crippen LogP contribution in [0.5, 0.6) is 0 Å². The molecule has 5 nitrogen and oxygen atoms in total. The maximum atomic E-state index is 10.2. The van der Waals surface area contributed by atoms with E-state index < -0.39 is 6.10 Å². The number of aliphatic hydroxyl groups is 1. The first kappa shape index (κ1) is 10.9. The van der Waals surface area contributed by atoms with E-state index in [0.29, 0.717) is 17.1 Å². The van der Waals surface area contributed by atoms with E-state index in [-0.39, 0.29) is 0 Å². The molecule has 5 heteroatoms. The molecule has 2 aromatic heterocycles. The SMILES string of the molecule is Cc1cccc2cc(C(O)c3cn[nH]c3N)oc12. The molecule has 0 aliphatic rings. The van der Waals surface area contributed by atoms with Crippen LogP contribution in [0.4, 0.5) is 5.82 Å². The van der Waals surface area contributed by atoms with Crippen LogP contribution in [0, 0.1) is 6.92 Å². The highest BCUT2D eigenvalue weighted by Gasteiger charge is 2.19. The molecule has 0 radical (unpaired) electrons. The monoisotopic (exact) mass is 243 g/mol. The van der Waals surface area contributed by atoms with Crippen LogP contribution in [0.15, 0.2) is 34.9 Å². The van der Waals surface area contributed by atoms with E-state index in [4.69, 9.17) is 10.2 Å². The minimum atomic E-state index is -0.907. The van der Waals surface area contributed by atoms with E-state index in [1.54, 1.807) is 0 Å². The van der Waals surface area contributed by atoms with E-state index in [0.717, 1.165) is 16.5 Å². The molecule has 1 atom stereocenters. The van der Waals surface area contributed by atoms with Crippen molar-refractivity contribution in [3.63, 3.8) is 0 Å². The highest BCUT2D eigenvalue weighted by Crippen LogP contribution is 2.31. The number of aliphatic hydroxyl groups excluding tert-OH is 1. The number of para-hydroxylation sites is 1. The number of nitrogens with two attached hydrogens (primary N) is 1. The molecular formula is C13H13N3O2. The summed E-state index contributed by atoms with van der Waals surface area (Å²) in [5, 5.41) is 17.6. The second-order valence-electron chi connectivity index (χ2n) is 4.28. The van der Waals surface area contributed by atoms with Crippen molar-refractivity contribution in [2.24, 2.45) is 0 Å². The van der Waals surface area contributed by atoms with Crippen molar-refractivity contribution >= 4 is 16.8 Å². The maximum absolute atomic E-state index is 10.2. The second-order valence-corrected chi connectivity index (χ2v) is 4.28. The lowest BCUT2D eigenvalue weighted by Gasteiger charge is -2.05. The van der Waals surface area contributed by atoms with Crippen molar-refractivity contribution in [3.8, 4) is 0 Å². The van der Waals surface area contributed by atoms with Gasteiger partial charge < -0.3 is 15.3 Å². The molecule has 1 unspecified atom stereocenters. The van der Waals surface area contributed by atoms with Crippen LogP contribution >= 0.6 is 0 Å². The number of nitrogens with one attached hydrogen (secondary N) is 1. The standard InChI is InChI=1S/C13H13N3O2/c1-7-3-2-4-8-5-10(18-12(7)8)11(17)9-6-15-16-13(9)14/h2-6,11,17H,1H3,(H3,14,15,16). The van der Waals surface area contributed by atoms with Crippen LogP contribution < -0.4 is 5.73 Å². The Balaban J connectivity index is 2.10. The van der Waals surface area contributed by atoms with Crippen LogP contribution in [0.1, 0.15) is 23.0 Å². The largest absolute Gasteiger partial charge is 0.458 e. The van der Waals surface area contributed by atoms with Crippen LogP contribution in [0.2, 0.25) is 0 Å². The molecule has 92 valence electrons. The maximum Gasteiger partial charge on any atom is 0.142 e.